The molecule has 94 valence electrons. The number of amides is 1. The molecule has 0 aliphatic rings. The zero-order valence-electron chi connectivity index (χ0n) is 10.4. The summed E-state index contributed by atoms with van der Waals surface area (Å²) in [5, 5.41) is 10.9. The third-order valence-electron chi connectivity index (χ3n) is 1.78. The van der Waals surface area contributed by atoms with Crippen molar-refractivity contribution in [2.75, 3.05) is 0 Å². The summed E-state index contributed by atoms with van der Waals surface area (Å²) >= 11 is 0. The van der Waals surface area contributed by atoms with E-state index in [1.165, 1.54) is 6.92 Å². The second-order valence-electron chi connectivity index (χ2n) is 3.02. The van der Waals surface area contributed by atoms with Gasteiger partial charge in [-0.1, -0.05) is 20.8 Å². The zero-order chi connectivity index (χ0) is 13.1. The highest BCUT2D eigenvalue weighted by Gasteiger charge is 2.18. The maximum atomic E-state index is 10.9. The molecule has 1 atom stereocenters. The zero-order valence-corrected chi connectivity index (χ0v) is 10.4. The van der Waals surface area contributed by atoms with Crippen molar-refractivity contribution >= 4 is 17.7 Å². The molecule has 0 aromatic rings. The number of carboxylic acids is 1. The Morgan fingerprint density at radius 2 is 1.75 bits per heavy atom. The number of carboxylic acid groups (broad SMARTS) is 1. The summed E-state index contributed by atoms with van der Waals surface area (Å²) in [6, 6.07) is -0.956. The first-order chi connectivity index (χ1) is 7.47. The Labute approximate surface area is 96.2 Å². The summed E-state index contributed by atoms with van der Waals surface area (Å²) in [7, 11) is 0. The predicted octanol–water partition coefficient (Wildman–Crippen LogP) is 1.36. The van der Waals surface area contributed by atoms with E-state index in [2.05, 4.69) is 5.32 Å². The van der Waals surface area contributed by atoms with Gasteiger partial charge in [0.05, 0.1) is 0 Å². The second-order valence-corrected chi connectivity index (χ2v) is 3.02. The number of Topliss-reactive ketones (excluding diaryl/α,β-unsaturated/α-hetero) is 1. The van der Waals surface area contributed by atoms with Gasteiger partial charge in [-0.25, -0.2) is 4.79 Å². The van der Waals surface area contributed by atoms with E-state index in [0.717, 1.165) is 0 Å². The molecular formula is C11H21NO4. The predicted molar refractivity (Wildman–Crippen MR) is 61.1 cm³/mol. The van der Waals surface area contributed by atoms with E-state index in [4.69, 9.17) is 5.11 Å². The largest absolute Gasteiger partial charge is 0.480 e. The fourth-order valence-electron chi connectivity index (χ4n) is 0.985. The number of carbonyl (C=O) groups excluding carboxylic acids is 2. The summed E-state index contributed by atoms with van der Waals surface area (Å²) in [6.45, 7) is 6.97. The van der Waals surface area contributed by atoms with Crippen molar-refractivity contribution in [3.63, 3.8) is 0 Å². The van der Waals surface area contributed by atoms with Crippen LogP contribution in [0.15, 0.2) is 0 Å². The van der Waals surface area contributed by atoms with Crippen LogP contribution in [0.2, 0.25) is 0 Å². The van der Waals surface area contributed by atoms with E-state index < -0.39 is 17.9 Å². The van der Waals surface area contributed by atoms with Crippen molar-refractivity contribution in [3.05, 3.63) is 0 Å². The third-order valence-corrected chi connectivity index (χ3v) is 1.78. The van der Waals surface area contributed by atoms with E-state index in [9.17, 15) is 14.4 Å². The van der Waals surface area contributed by atoms with Crippen LogP contribution in [-0.4, -0.2) is 28.8 Å². The summed E-state index contributed by atoms with van der Waals surface area (Å²) in [6.07, 6.45) is 0.738. The molecule has 0 radical (unpaired) electrons. The van der Waals surface area contributed by atoms with Crippen LogP contribution in [0, 0.1) is 0 Å². The van der Waals surface area contributed by atoms with Crippen LogP contribution in [0.25, 0.3) is 0 Å². The molecule has 0 spiro atoms. The summed E-state index contributed by atoms with van der Waals surface area (Å²) in [4.78, 5) is 32.1. The maximum absolute atomic E-state index is 10.9. The molecule has 1 amide bonds. The highest BCUT2D eigenvalue weighted by molar-refractivity contribution is 5.83. The Kier molecular flexibility index (Phi) is 10.8. The van der Waals surface area contributed by atoms with Crippen LogP contribution < -0.4 is 5.32 Å². The van der Waals surface area contributed by atoms with Crippen LogP contribution in [0.3, 0.4) is 0 Å². The molecule has 0 saturated carbocycles. The molecule has 0 aliphatic heterocycles. The first-order valence-corrected chi connectivity index (χ1v) is 5.49. The Hall–Kier alpha value is -1.39. The van der Waals surface area contributed by atoms with Gasteiger partial charge in [-0.3, -0.25) is 9.59 Å². The summed E-state index contributed by atoms with van der Waals surface area (Å²) in [5.74, 6) is -1.51. The average Bonchev–Trinajstić information content (AvgIpc) is 2.25. The Morgan fingerprint density at radius 1 is 1.25 bits per heavy atom. The number of nitrogens with one attached hydrogen (secondary N) is 1. The van der Waals surface area contributed by atoms with Crippen molar-refractivity contribution < 1.29 is 19.5 Å². The molecule has 0 bridgehead atoms. The molecule has 1 unspecified atom stereocenters. The molecule has 0 rings (SSSR count). The van der Waals surface area contributed by atoms with Gasteiger partial charge in [0, 0.05) is 19.8 Å². The minimum absolute atomic E-state index is 0.00148. The van der Waals surface area contributed by atoms with Crippen molar-refractivity contribution in [1.82, 2.24) is 5.32 Å². The van der Waals surface area contributed by atoms with Crippen molar-refractivity contribution in [2.45, 2.75) is 53.0 Å². The SMILES string of the molecule is CC.CCC(=O)CCC(NC(C)=O)C(=O)O. The van der Waals surface area contributed by atoms with Crippen molar-refractivity contribution in [3.8, 4) is 0 Å². The lowest BCUT2D eigenvalue weighted by atomic mass is 10.1. The standard InChI is InChI=1S/C9H15NO4.C2H6/c1-3-7(12)4-5-8(9(13)14)10-6(2)11;1-2/h8H,3-5H2,1-2H3,(H,10,11)(H,13,14);1-2H3. The minimum Gasteiger partial charge on any atom is -0.480 e. The van der Waals surface area contributed by atoms with Crippen molar-refractivity contribution in [2.24, 2.45) is 0 Å². The fourth-order valence-corrected chi connectivity index (χ4v) is 0.985. The monoisotopic (exact) mass is 231 g/mol. The molecule has 0 aromatic carbocycles. The molecule has 0 saturated heterocycles. The van der Waals surface area contributed by atoms with Gasteiger partial charge < -0.3 is 10.4 Å². The van der Waals surface area contributed by atoms with E-state index in [1.807, 2.05) is 13.8 Å². The lowest BCUT2D eigenvalue weighted by molar-refractivity contribution is -0.141. The first-order valence-electron chi connectivity index (χ1n) is 5.49. The number of rotatable bonds is 6. The van der Waals surface area contributed by atoms with Gasteiger partial charge in [0.2, 0.25) is 5.91 Å². The van der Waals surface area contributed by atoms with Crippen LogP contribution in [0.5, 0.6) is 0 Å². The van der Waals surface area contributed by atoms with E-state index >= 15 is 0 Å². The quantitative estimate of drug-likeness (QED) is 0.723. The second kappa shape index (κ2) is 10.1. The molecule has 0 fully saturated rings. The van der Waals surface area contributed by atoms with Crippen LogP contribution >= 0.6 is 0 Å². The van der Waals surface area contributed by atoms with E-state index in [1.54, 1.807) is 6.92 Å². The summed E-state index contributed by atoms with van der Waals surface area (Å²) < 4.78 is 0. The van der Waals surface area contributed by atoms with Gasteiger partial charge in [-0.2, -0.15) is 0 Å². The highest BCUT2D eigenvalue weighted by Crippen LogP contribution is 2.00. The smallest absolute Gasteiger partial charge is 0.326 e. The molecule has 16 heavy (non-hydrogen) atoms. The van der Waals surface area contributed by atoms with Gasteiger partial charge in [0.1, 0.15) is 11.8 Å². The van der Waals surface area contributed by atoms with Crippen LogP contribution in [-0.2, 0) is 14.4 Å². The number of carbonyl (C=O) groups is 3. The summed E-state index contributed by atoms with van der Waals surface area (Å²) in [5.41, 5.74) is 0. The van der Waals surface area contributed by atoms with Gasteiger partial charge in [-0.15, -0.1) is 0 Å². The van der Waals surface area contributed by atoms with E-state index in [0.29, 0.717) is 6.42 Å². The highest BCUT2D eigenvalue weighted by atomic mass is 16.4. The third kappa shape index (κ3) is 9.18. The van der Waals surface area contributed by atoms with Crippen LogP contribution in [0.1, 0.15) is 47.0 Å². The fraction of sp³-hybridized carbons (Fsp3) is 0.727. The van der Waals surface area contributed by atoms with Gasteiger partial charge in [-0.05, 0) is 6.42 Å². The van der Waals surface area contributed by atoms with Crippen molar-refractivity contribution in [1.29, 1.82) is 0 Å². The number of aliphatic carboxylic acids is 1. The Bertz CT molecular complexity index is 238. The molecule has 0 aliphatic carbocycles. The molecule has 5 heteroatoms. The lowest BCUT2D eigenvalue weighted by Gasteiger charge is -2.11. The lowest BCUT2D eigenvalue weighted by Crippen LogP contribution is -2.39. The number of hydrogen-bond acceptors (Lipinski definition) is 3. The normalized spacial score (nSPS) is 10.8. The van der Waals surface area contributed by atoms with Gasteiger partial charge in [0.25, 0.3) is 0 Å². The maximum Gasteiger partial charge on any atom is 0.326 e. The van der Waals surface area contributed by atoms with Gasteiger partial charge >= 0.3 is 5.97 Å². The Balaban J connectivity index is 0. The topological polar surface area (TPSA) is 83.5 Å². The molecule has 5 nitrogen and oxygen atoms in total. The van der Waals surface area contributed by atoms with Crippen LogP contribution in [0.4, 0.5) is 0 Å². The minimum atomic E-state index is -1.11. The first kappa shape index (κ1) is 17.0. The molecule has 0 heterocycles. The Morgan fingerprint density at radius 3 is 2.06 bits per heavy atom. The molecular weight excluding hydrogens is 210 g/mol. The van der Waals surface area contributed by atoms with Gasteiger partial charge in [0.15, 0.2) is 0 Å². The molecule has 2 N–H and O–H groups in total. The number of ketones is 1. The molecule has 0 aromatic heterocycles. The van der Waals surface area contributed by atoms with E-state index in [-0.39, 0.29) is 18.6 Å². The average molecular weight is 231 g/mol. The number of hydrogen-bond donors (Lipinski definition) is 2.